The molecule has 0 amide bonds. The maximum Gasteiger partial charge on any atom is 0.00262 e. The van der Waals surface area contributed by atoms with Gasteiger partial charge in [-0.05, 0) is 25.3 Å². The van der Waals surface area contributed by atoms with Crippen LogP contribution < -0.4 is 0 Å². The molecule has 0 saturated carbocycles. The highest BCUT2D eigenvalue weighted by Crippen LogP contribution is 2.19. The molecular formula is C7H10S. The minimum Gasteiger partial charge on any atom is -0.143 e. The number of hydrogen-bond donors (Lipinski definition) is 1. The number of hydrogen-bond acceptors (Lipinski definition) is 1. The zero-order chi connectivity index (χ0) is 5.98. The molecule has 0 nitrogen and oxygen atoms in total. The monoisotopic (exact) mass is 126 g/mol. The third-order valence-corrected chi connectivity index (χ3v) is 1.89. The van der Waals surface area contributed by atoms with E-state index in [1.165, 1.54) is 12.0 Å². The molecule has 0 aliphatic heterocycles. The van der Waals surface area contributed by atoms with Crippen LogP contribution in [-0.4, -0.2) is 0 Å². The maximum absolute atomic E-state index is 4.25. The Morgan fingerprint density at radius 3 is 2.38 bits per heavy atom. The van der Waals surface area contributed by atoms with Crippen LogP contribution in [0, 0.1) is 0 Å². The van der Waals surface area contributed by atoms with E-state index in [2.05, 4.69) is 31.7 Å². The summed E-state index contributed by atoms with van der Waals surface area (Å²) in [5.74, 6) is 0. The largest absolute Gasteiger partial charge is 0.143 e. The van der Waals surface area contributed by atoms with Gasteiger partial charge in [-0.1, -0.05) is 12.2 Å². The van der Waals surface area contributed by atoms with Crippen LogP contribution in [-0.2, 0) is 0 Å². The molecule has 0 unspecified atom stereocenters. The van der Waals surface area contributed by atoms with Gasteiger partial charge in [0, 0.05) is 4.91 Å². The van der Waals surface area contributed by atoms with Gasteiger partial charge in [-0.3, -0.25) is 0 Å². The second kappa shape index (κ2) is 2.40. The fourth-order valence-corrected chi connectivity index (χ4v) is 1.01. The van der Waals surface area contributed by atoms with Crippen molar-refractivity contribution >= 4 is 12.6 Å². The standard InChI is InChI=1S/C7H10S/c1-6-4-2-3-5-7(6)8/h4-5,8H,2-3H2,1H3. The zero-order valence-electron chi connectivity index (χ0n) is 5.02. The van der Waals surface area contributed by atoms with Gasteiger partial charge in [0.1, 0.15) is 0 Å². The predicted octanol–water partition coefficient (Wildman–Crippen LogP) is 2.54. The quantitative estimate of drug-likeness (QED) is 0.474. The molecule has 0 spiro atoms. The SMILES string of the molecule is CC1=CCCC=C1S. The van der Waals surface area contributed by atoms with E-state index in [0.717, 1.165) is 11.3 Å². The lowest BCUT2D eigenvalue weighted by Crippen LogP contribution is -1.83. The normalized spacial score (nSPS) is 19.8. The van der Waals surface area contributed by atoms with E-state index in [4.69, 9.17) is 0 Å². The molecule has 44 valence electrons. The third-order valence-electron chi connectivity index (χ3n) is 1.36. The van der Waals surface area contributed by atoms with Gasteiger partial charge in [0.2, 0.25) is 0 Å². The first kappa shape index (κ1) is 5.96. The Balaban J connectivity index is 2.73. The van der Waals surface area contributed by atoms with Crippen molar-refractivity contribution in [3.8, 4) is 0 Å². The van der Waals surface area contributed by atoms with Gasteiger partial charge in [-0.15, -0.1) is 12.6 Å². The Bertz CT molecular complexity index is 124. The van der Waals surface area contributed by atoms with Crippen LogP contribution in [0.4, 0.5) is 0 Å². The summed E-state index contributed by atoms with van der Waals surface area (Å²) in [4.78, 5) is 1.15. The first-order valence-corrected chi connectivity index (χ1v) is 3.31. The van der Waals surface area contributed by atoms with E-state index < -0.39 is 0 Å². The first-order chi connectivity index (χ1) is 3.80. The van der Waals surface area contributed by atoms with Gasteiger partial charge < -0.3 is 0 Å². The molecule has 0 heterocycles. The van der Waals surface area contributed by atoms with Crippen LogP contribution in [0.2, 0.25) is 0 Å². The van der Waals surface area contributed by atoms with Gasteiger partial charge in [-0.2, -0.15) is 0 Å². The highest BCUT2D eigenvalue weighted by atomic mass is 32.1. The van der Waals surface area contributed by atoms with Crippen LogP contribution in [0.15, 0.2) is 22.6 Å². The molecule has 0 aromatic carbocycles. The molecule has 1 aliphatic carbocycles. The van der Waals surface area contributed by atoms with Crippen LogP contribution in [0.5, 0.6) is 0 Å². The first-order valence-electron chi connectivity index (χ1n) is 2.87. The second-order valence-corrected chi connectivity index (χ2v) is 2.54. The smallest absolute Gasteiger partial charge is 0.00262 e. The third kappa shape index (κ3) is 1.16. The van der Waals surface area contributed by atoms with Crippen LogP contribution in [0.1, 0.15) is 19.8 Å². The van der Waals surface area contributed by atoms with E-state index in [1.807, 2.05) is 0 Å². The molecule has 0 saturated heterocycles. The second-order valence-electron chi connectivity index (χ2n) is 2.05. The van der Waals surface area contributed by atoms with Gasteiger partial charge in [0.25, 0.3) is 0 Å². The minimum atomic E-state index is 1.15. The molecule has 1 aliphatic rings. The zero-order valence-corrected chi connectivity index (χ0v) is 5.91. The van der Waals surface area contributed by atoms with Crippen molar-refractivity contribution in [2.75, 3.05) is 0 Å². The van der Waals surface area contributed by atoms with Crippen molar-refractivity contribution < 1.29 is 0 Å². The van der Waals surface area contributed by atoms with Crippen molar-refractivity contribution in [1.82, 2.24) is 0 Å². The summed E-state index contributed by atoms with van der Waals surface area (Å²) in [5.41, 5.74) is 1.32. The molecule has 0 atom stereocenters. The van der Waals surface area contributed by atoms with Crippen molar-refractivity contribution in [3.63, 3.8) is 0 Å². The van der Waals surface area contributed by atoms with Crippen molar-refractivity contribution in [2.45, 2.75) is 19.8 Å². The highest BCUT2D eigenvalue weighted by molar-refractivity contribution is 7.84. The Kier molecular flexibility index (Phi) is 1.79. The lowest BCUT2D eigenvalue weighted by Gasteiger charge is -2.04. The van der Waals surface area contributed by atoms with E-state index in [-0.39, 0.29) is 0 Å². The average Bonchev–Trinajstić information content (AvgIpc) is 1.77. The molecule has 0 N–H and O–H groups in total. The lowest BCUT2D eigenvalue weighted by atomic mass is 10.1. The molecule has 1 rings (SSSR count). The molecule has 8 heavy (non-hydrogen) atoms. The van der Waals surface area contributed by atoms with Crippen LogP contribution >= 0.6 is 12.6 Å². The molecule has 0 radical (unpaired) electrons. The Hall–Kier alpha value is -0.170. The Morgan fingerprint density at radius 1 is 1.38 bits per heavy atom. The van der Waals surface area contributed by atoms with E-state index in [1.54, 1.807) is 0 Å². The van der Waals surface area contributed by atoms with Gasteiger partial charge in [-0.25, -0.2) is 0 Å². The molecule has 0 aromatic heterocycles. The molecule has 0 aromatic rings. The summed E-state index contributed by atoms with van der Waals surface area (Å²) in [5, 5.41) is 0. The average molecular weight is 126 g/mol. The molecular weight excluding hydrogens is 116 g/mol. The van der Waals surface area contributed by atoms with E-state index in [9.17, 15) is 0 Å². The topological polar surface area (TPSA) is 0 Å². The van der Waals surface area contributed by atoms with Gasteiger partial charge in [0.15, 0.2) is 0 Å². The van der Waals surface area contributed by atoms with Crippen molar-refractivity contribution in [3.05, 3.63) is 22.6 Å². The minimum absolute atomic E-state index is 1.15. The van der Waals surface area contributed by atoms with Crippen LogP contribution in [0.3, 0.4) is 0 Å². The highest BCUT2D eigenvalue weighted by Gasteiger charge is 1.96. The lowest BCUT2D eigenvalue weighted by molar-refractivity contribution is 1.01. The number of rotatable bonds is 0. The van der Waals surface area contributed by atoms with Gasteiger partial charge in [0.05, 0.1) is 0 Å². The van der Waals surface area contributed by atoms with Crippen LogP contribution in [0.25, 0.3) is 0 Å². The predicted molar refractivity (Wildman–Crippen MR) is 40.1 cm³/mol. The van der Waals surface area contributed by atoms with Gasteiger partial charge >= 0.3 is 0 Å². The fourth-order valence-electron chi connectivity index (χ4n) is 0.785. The number of thiol groups is 1. The maximum atomic E-state index is 4.25. The Morgan fingerprint density at radius 2 is 2.00 bits per heavy atom. The summed E-state index contributed by atoms with van der Waals surface area (Å²) in [6.07, 6.45) is 6.74. The summed E-state index contributed by atoms with van der Waals surface area (Å²) in [6, 6.07) is 0. The van der Waals surface area contributed by atoms with Crippen molar-refractivity contribution in [2.24, 2.45) is 0 Å². The summed E-state index contributed by atoms with van der Waals surface area (Å²) in [7, 11) is 0. The summed E-state index contributed by atoms with van der Waals surface area (Å²) >= 11 is 4.25. The summed E-state index contributed by atoms with van der Waals surface area (Å²) < 4.78 is 0. The number of allylic oxidation sites excluding steroid dienone is 3. The molecule has 0 fully saturated rings. The van der Waals surface area contributed by atoms with E-state index in [0.29, 0.717) is 0 Å². The fraction of sp³-hybridized carbons (Fsp3) is 0.429. The van der Waals surface area contributed by atoms with Crippen molar-refractivity contribution in [1.29, 1.82) is 0 Å². The molecule has 0 bridgehead atoms. The van der Waals surface area contributed by atoms with E-state index >= 15 is 0 Å². The molecule has 1 heteroatoms. The summed E-state index contributed by atoms with van der Waals surface area (Å²) in [6.45, 7) is 2.10. The Labute approximate surface area is 55.7 Å².